The Labute approximate surface area is 108 Å². The average molecular weight is 250 g/mol. The lowest BCUT2D eigenvalue weighted by molar-refractivity contribution is 0.0799. The lowest BCUT2D eigenvalue weighted by Gasteiger charge is -2.40. The smallest absolute Gasteiger partial charge is 0.0681 e. The lowest BCUT2D eigenvalue weighted by Crippen LogP contribution is -2.39. The van der Waals surface area contributed by atoms with Crippen molar-refractivity contribution in [2.24, 2.45) is 5.41 Å². The minimum Gasteiger partial charge on any atom is -0.396 e. The Morgan fingerprint density at radius 1 is 1.11 bits per heavy atom. The minimum atomic E-state index is -0.357. The van der Waals surface area contributed by atoms with Gasteiger partial charge < -0.3 is 15.3 Å². The molecule has 1 fully saturated rings. The van der Waals surface area contributed by atoms with Gasteiger partial charge in [-0.2, -0.15) is 0 Å². The molecule has 0 aliphatic heterocycles. The first-order valence-corrected chi connectivity index (χ1v) is 6.44. The summed E-state index contributed by atoms with van der Waals surface area (Å²) in [4.78, 5) is 0. The summed E-state index contributed by atoms with van der Waals surface area (Å²) in [5.74, 6) is 0. The zero-order valence-corrected chi connectivity index (χ0v) is 11.1. The third-order valence-corrected chi connectivity index (χ3v) is 4.78. The van der Waals surface area contributed by atoms with Crippen LogP contribution in [0.15, 0.2) is 24.3 Å². The first-order chi connectivity index (χ1) is 8.45. The molecule has 1 aliphatic carbocycles. The summed E-state index contributed by atoms with van der Waals surface area (Å²) >= 11 is 0. The monoisotopic (exact) mass is 250 g/mol. The van der Waals surface area contributed by atoms with Crippen LogP contribution in [0.2, 0.25) is 0 Å². The first kappa shape index (κ1) is 13.5. The van der Waals surface area contributed by atoms with Crippen LogP contribution in [0.1, 0.15) is 37.8 Å². The van der Waals surface area contributed by atoms with Crippen molar-refractivity contribution in [2.45, 2.75) is 44.8 Å². The fourth-order valence-corrected chi connectivity index (χ4v) is 3.22. The molecule has 1 aromatic carbocycles. The number of aliphatic hydroxyl groups is 3. The maximum absolute atomic E-state index is 9.94. The Morgan fingerprint density at radius 2 is 1.72 bits per heavy atom. The molecule has 3 heteroatoms. The summed E-state index contributed by atoms with van der Waals surface area (Å²) in [6.07, 6.45) is 0.939. The second kappa shape index (κ2) is 4.65. The van der Waals surface area contributed by atoms with Crippen molar-refractivity contribution in [3.05, 3.63) is 35.4 Å². The quantitative estimate of drug-likeness (QED) is 0.763. The molecular weight excluding hydrogens is 228 g/mol. The Morgan fingerprint density at radius 3 is 2.22 bits per heavy atom. The molecular formula is C15H22O3. The van der Waals surface area contributed by atoms with E-state index < -0.39 is 0 Å². The van der Waals surface area contributed by atoms with Crippen LogP contribution in [0.3, 0.4) is 0 Å². The van der Waals surface area contributed by atoms with Crippen molar-refractivity contribution in [1.29, 1.82) is 0 Å². The maximum atomic E-state index is 9.94. The molecule has 1 saturated carbocycles. The van der Waals surface area contributed by atoms with E-state index in [9.17, 15) is 10.2 Å². The van der Waals surface area contributed by atoms with Gasteiger partial charge in [0, 0.05) is 17.4 Å². The maximum Gasteiger partial charge on any atom is 0.0681 e. The molecule has 1 aliphatic rings. The zero-order valence-electron chi connectivity index (χ0n) is 11.1. The van der Waals surface area contributed by atoms with Gasteiger partial charge in [-0.25, -0.2) is 0 Å². The van der Waals surface area contributed by atoms with Crippen molar-refractivity contribution >= 4 is 0 Å². The molecule has 0 unspecified atom stereocenters. The normalized spacial score (nSPS) is 35.9. The van der Waals surface area contributed by atoms with Crippen molar-refractivity contribution in [3.8, 4) is 0 Å². The highest BCUT2D eigenvalue weighted by Gasteiger charge is 2.52. The number of aliphatic hydroxyl groups excluding tert-OH is 3. The molecule has 0 spiro atoms. The molecule has 3 nitrogen and oxygen atoms in total. The van der Waals surface area contributed by atoms with E-state index in [1.807, 2.05) is 31.2 Å². The molecule has 0 heterocycles. The van der Waals surface area contributed by atoms with Crippen LogP contribution >= 0.6 is 0 Å². The Bertz CT molecular complexity index is 414. The average Bonchev–Trinajstić information content (AvgIpc) is 2.61. The van der Waals surface area contributed by atoms with E-state index in [-0.39, 0.29) is 30.1 Å². The second-order valence-corrected chi connectivity index (χ2v) is 5.97. The molecule has 3 atom stereocenters. The standard InChI is InChI=1S/C15H22O3/c1-14(10-17)7-13(18)8-15(14,2)12-5-3-11(9-16)4-6-12/h3-6,13,16-18H,7-10H2,1-2H3/t13-,14-,15-/m1/s1. The summed E-state index contributed by atoms with van der Waals surface area (Å²) < 4.78 is 0. The fraction of sp³-hybridized carbons (Fsp3) is 0.600. The topological polar surface area (TPSA) is 60.7 Å². The first-order valence-electron chi connectivity index (χ1n) is 6.44. The van der Waals surface area contributed by atoms with Crippen molar-refractivity contribution in [1.82, 2.24) is 0 Å². The van der Waals surface area contributed by atoms with Crippen LogP contribution < -0.4 is 0 Å². The van der Waals surface area contributed by atoms with Crippen LogP contribution in [0.25, 0.3) is 0 Å². The van der Waals surface area contributed by atoms with Gasteiger partial charge in [-0.3, -0.25) is 0 Å². The van der Waals surface area contributed by atoms with E-state index in [1.165, 1.54) is 0 Å². The number of hydrogen-bond acceptors (Lipinski definition) is 3. The van der Waals surface area contributed by atoms with Gasteiger partial charge in [0.05, 0.1) is 12.7 Å². The van der Waals surface area contributed by atoms with Crippen molar-refractivity contribution in [3.63, 3.8) is 0 Å². The molecule has 3 N–H and O–H groups in total. The Balaban J connectivity index is 2.39. The van der Waals surface area contributed by atoms with Crippen LogP contribution in [0.4, 0.5) is 0 Å². The van der Waals surface area contributed by atoms with E-state index >= 15 is 0 Å². The van der Waals surface area contributed by atoms with Gasteiger partial charge in [-0.1, -0.05) is 38.1 Å². The third-order valence-electron chi connectivity index (χ3n) is 4.78. The van der Waals surface area contributed by atoms with Crippen LogP contribution in [0, 0.1) is 5.41 Å². The van der Waals surface area contributed by atoms with E-state index in [0.717, 1.165) is 11.1 Å². The predicted molar refractivity (Wildman–Crippen MR) is 70.2 cm³/mol. The Kier molecular flexibility index (Phi) is 3.49. The van der Waals surface area contributed by atoms with Gasteiger partial charge in [0.15, 0.2) is 0 Å². The fourth-order valence-electron chi connectivity index (χ4n) is 3.22. The van der Waals surface area contributed by atoms with Crippen LogP contribution in [-0.4, -0.2) is 28.0 Å². The SMILES string of the molecule is C[C@]1(CO)C[C@@H](O)C[C@]1(C)c1ccc(CO)cc1. The van der Waals surface area contributed by atoms with Gasteiger partial charge in [-0.05, 0) is 24.0 Å². The van der Waals surface area contributed by atoms with Gasteiger partial charge in [-0.15, -0.1) is 0 Å². The largest absolute Gasteiger partial charge is 0.396 e. The highest BCUT2D eigenvalue weighted by molar-refractivity contribution is 5.33. The molecule has 0 radical (unpaired) electrons. The molecule has 1 aromatic rings. The van der Waals surface area contributed by atoms with Gasteiger partial charge in [0.1, 0.15) is 0 Å². The summed E-state index contributed by atoms with van der Waals surface area (Å²) in [5, 5.41) is 28.7. The van der Waals surface area contributed by atoms with Crippen molar-refractivity contribution < 1.29 is 15.3 Å². The zero-order chi connectivity index (χ0) is 13.4. The van der Waals surface area contributed by atoms with Crippen LogP contribution in [0.5, 0.6) is 0 Å². The highest BCUT2D eigenvalue weighted by Crippen LogP contribution is 2.53. The molecule has 100 valence electrons. The lowest BCUT2D eigenvalue weighted by atomic mass is 9.64. The number of benzene rings is 1. The summed E-state index contributed by atoms with van der Waals surface area (Å²) in [7, 11) is 0. The van der Waals surface area contributed by atoms with E-state index in [2.05, 4.69) is 6.92 Å². The summed E-state index contributed by atoms with van der Waals surface area (Å²) in [6, 6.07) is 7.81. The number of rotatable bonds is 3. The minimum absolute atomic E-state index is 0.0386. The summed E-state index contributed by atoms with van der Waals surface area (Å²) in [5.41, 5.74) is 1.47. The molecule has 0 aromatic heterocycles. The Hall–Kier alpha value is -0.900. The molecule has 0 amide bonds. The molecule has 2 rings (SSSR count). The van der Waals surface area contributed by atoms with Gasteiger partial charge in [0.25, 0.3) is 0 Å². The van der Waals surface area contributed by atoms with Gasteiger partial charge >= 0.3 is 0 Å². The molecule has 0 bridgehead atoms. The second-order valence-electron chi connectivity index (χ2n) is 5.97. The van der Waals surface area contributed by atoms with Crippen LogP contribution in [-0.2, 0) is 12.0 Å². The number of hydrogen-bond donors (Lipinski definition) is 3. The summed E-state index contributed by atoms with van der Waals surface area (Å²) in [6.45, 7) is 4.25. The van der Waals surface area contributed by atoms with Gasteiger partial charge in [0.2, 0.25) is 0 Å². The molecule has 18 heavy (non-hydrogen) atoms. The van der Waals surface area contributed by atoms with E-state index in [4.69, 9.17) is 5.11 Å². The van der Waals surface area contributed by atoms with E-state index in [1.54, 1.807) is 0 Å². The molecule has 0 saturated heterocycles. The van der Waals surface area contributed by atoms with Crippen molar-refractivity contribution in [2.75, 3.05) is 6.61 Å². The predicted octanol–water partition coefficient (Wildman–Crippen LogP) is 1.59. The third kappa shape index (κ3) is 1.96. The van der Waals surface area contributed by atoms with E-state index in [0.29, 0.717) is 12.8 Å². The highest BCUT2D eigenvalue weighted by atomic mass is 16.3.